The smallest absolute Gasteiger partial charge is 0.387 e. The van der Waals surface area contributed by atoms with Gasteiger partial charge in [-0.1, -0.05) is 26.0 Å². The Labute approximate surface area is 110 Å². The number of aliphatic hydroxyl groups excluding tert-OH is 1. The lowest BCUT2D eigenvalue weighted by molar-refractivity contribution is -0.0501. The molecule has 6 heteroatoms. The third-order valence-electron chi connectivity index (χ3n) is 2.50. The molecule has 0 aliphatic heterocycles. The van der Waals surface area contributed by atoms with E-state index >= 15 is 0 Å². The highest BCUT2D eigenvalue weighted by Gasteiger charge is 2.20. The van der Waals surface area contributed by atoms with E-state index in [1.807, 2.05) is 0 Å². The first kappa shape index (κ1) is 15.4. The van der Waals surface area contributed by atoms with Crippen LogP contribution in [0.25, 0.3) is 0 Å². The molecule has 106 valence electrons. The second kappa shape index (κ2) is 6.47. The third kappa shape index (κ3) is 4.82. The molecular weight excluding hydrogens is 256 g/mol. The highest BCUT2D eigenvalue weighted by Crippen LogP contribution is 2.20. The van der Waals surface area contributed by atoms with Crippen LogP contribution < -0.4 is 10.1 Å². The number of aliphatic hydroxyl groups is 1. The average molecular weight is 273 g/mol. The van der Waals surface area contributed by atoms with Crippen molar-refractivity contribution in [3.05, 3.63) is 29.8 Å². The Morgan fingerprint density at radius 3 is 2.63 bits per heavy atom. The van der Waals surface area contributed by atoms with Crippen molar-refractivity contribution in [1.29, 1.82) is 0 Å². The Hall–Kier alpha value is -1.69. The zero-order valence-electron chi connectivity index (χ0n) is 10.8. The van der Waals surface area contributed by atoms with E-state index in [0.29, 0.717) is 0 Å². The average Bonchev–Trinajstić information content (AvgIpc) is 2.36. The number of carbonyl (C=O) groups is 1. The number of alkyl halides is 2. The van der Waals surface area contributed by atoms with E-state index in [9.17, 15) is 13.6 Å². The van der Waals surface area contributed by atoms with Crippen LogP contribution in [0.1, 0.15) is 24.2 Å². The van der Waals surface area contributed by atoms with Crippen LogP contribution in [0.5, 0.6) is 5.75 Å². The minimum atomic E-state index is -2.98. The van der Waals surface area contributed by atoms with Crippen molar-refractivity contribution in [2.24, 2.45) is 5.41 Å². The summed E-state index contributed by atoms with van der Waals surface area (Å²) in [5.74, 6) is -0.686. The number of hydrogen-bond acceptors (Lipinski definition) is 3. The number of amides is 1. The van der Waals surface area contributed by atoms with E-state index in [4.69, 9.17) is 5.11 Å². The van der Waals surface area contributed by atoms with Crippen molar-refractivity contribution in [3.8, 4) is 5.75 Å². The fraction of sp³-hybridized carbons (Fsp3) is 0.462. The first-order valence-electron chi connectivity index (χ1n) is 5.78. The summed E-state index contributed by atoms with van der Waals surface area (Å²) in [7, 11) is 0. The molecule has 0 radical (unpaired) electrons. The van der Waals surface area contributed by atoms with Crippen LogP contribution in [-0.4, -0.2) is 30.8 Å². The van der Waals surface area contributed by atoms with Gasteiger partial charge in [-0.2, -0.15) is 8.78 Å². The quantitative estimate of drug-likeness (QED) is 0.834. The number of para-hydroxylation sites is 1. The highest BCUT2D eigenvalue weighted by molar-refractivity contribution is 5.96. The standard InChI is InChI=1S/C13H17F2NO3/c1-13(2,8-17)7-16-11(18)9-5-3-4-6-10(9)19-12(14)15/h3-6,12,17H,7-8H2,1-2H3,(H,16,18). The summed E-state index contributed by atoms with van der Waals surface area (Å²) in [5, 5.41) is 11.7. The fourth-order valence-electron chi connectivity index (χ4n) is 1.32. The van der Waals surface area contributed by atoms with Gasteiger partial charge in [0.1, 0.15) is 5.75 Å². The van der Waals surface area contributed by atoms with Gasteiger partial charge in [-0.05, 0) is 12.1 Å². The van der Waals surface area contributed by atoms with Gasteiger partial charge in [0, 0.05) is 18.6 Å². The zero-order valence-corrected chi connectivity index (χ0v) is 10.8. The summed E-state index contributed by atoms with van der Waals surface area (Å²) >= 11 is 0. The number of hydrogen-bond donors (Lipinski definition) is 2. The van der Waals surface area contributed by atoms with Crippen molar-refractivity contribution >= 4 is 5.91 Å². The van der Waals surface area contributed by atoms with Crippen LogP contribution in [0, 0.1) is 5.41 Å². The van der Waals surface area contributed by atoms with E-state index in [1.54, 1.807) is 19.9 Å². The van der Waals surface area contributed by atoms with Gasteiger partial charge >= 0.3 is 6.61 Å². The van der Waals surface area contributed by atoms with Crippen LogP contribution in [0.3, 0.4) is 0 Å². The van der Waals surface area contributed by atoms with Crippen molar-refractivity contribution in [3.63, 3.8) is 0 Å². The van der Waals surface area contributed by atoms with Crippen LogP contribution >= 0.6 is 0 Å². The largest absolute Gasteiger partial charge is 0.434 e. The monoisotopic (exact) mass is 273 g/mol. The molecule has 2 N–H and O–H groups in total. The van der Waals surface area contributed by atoms with Gasteiger partial charge in [-0.15, -0.1) is 0 Å². The van der Waals surface area contributed by atoms with E-state index in [1.165, 1.54) is 18.2 Å². The Balaban J connectivity index is 2.77. The Morgan fingerprint density at radius 1 is 1.42 bits per heavy atom. The summed E-state index contributed by atoms with van der Waals surface area (Å²) in [6.07, 6.45) is 0. The number of carbonyl (C=O) groups excluding carboxylic acids is 1. The van der Waals surface area contributed by atoms with Gasteiger partial charge in [0.05, 0.1) is 5.56 Å². The van der Waals surface area contributed by atoms with Crippen LogP contribution in [0.4, 0.5) is 8.78 Å². The highest BCUT2D eigenvalue weighted by atomic mass is 19.3. The summed E-state index contributed by atoms with van der Waals surface area (Å²) < 4.78 is 28.7. The van der Waals surface area contributed by atoms with Crippen molar-refractivity contribution < 1.29 is 23.4 Å². The topological polar surface area (TPSA) is 58.6 Å². The predicted molar refractivity (Wildman–Crippen MR) is 66.3 cm³/mol. The van der Waals surface area contributed by atoms with Gasteiger partial charge in [0.15, 0.2) is 0 Å². The van der Waals surface area contributed by atoms with E-state index in [2.05, 4.69) is 10.1 Å². The SMILES string of the molecule is CC(C)(CO)CNC(=O)c1ccccc1OC(F)F. The molecule has 0 fully saturated rings. The number of ether oxygens (including phenoxy) is 1. The molecule has 0 atom stereocenters. The number of rotatable bonds is 6. The zero-order chi connectivity index (χ0) is 14.5. The first-order chi connectivity index (χ1) is 8.85. The molecule has 0 heterocycles. The second-order valence-corrected chi connectivity index (χ2v) is 4.88. The lowest BCUT2D eigenvalue weighted by Gasteiger charge is -2.22. The maximum Gasteiger partial charge on any atom is 0.387 e. The van der Waals surface area contributed by atoms with Crippen LogP contribution in [0.2, 0.25) is 0 Å². The molecule has 1 amide bonds. The second-order valence-electron chi connectivity index (χ2n) is 4.88. The molecule has 0 aromatic heterocycles. The number of nitrogens with one attached hydrogen (secondary N) is 1. The third-order valence-corrected chi connectivity index (χ3v) is 2.50. The van der Waals surface area contributed by atoms with Gasteiger partial charge in [0.25, 0.3) is 5.91 Å². The van der Waals surface area contributed by atoms with Gasteiger partial charge in [0.2, 0.25) is 0 Å². The molecule has 4 nitrogen and oxygen atoms in total. The molecular formula is C13H17F2NO3. The summed E-state index contributed by atoms with van der Waals surface area (Å²) in [6.45, 7) is 0.695. The molecule has 0 spiro atoms. The Bertz CT molecular complexity index is 436. The van der Waals surface area contributed by atoms with Crippen LogP contribution in [-0.2, 0) is 0 Å². The summed E-state index contributed by atoms with van der Waals surface area (Å²) in [6, 6.07) is 5.77. The van der Waals surface area contributed by atoms with Gasteiger partial charge in [-0.3, -0.25) is 4.79 Å². The van der Waals surface area contributed by atoms with E-state index < -0.39 is 17.9 Å². The molecule has 1 aromatic carbocycles. The molecule has 1 aromatic rings. The summed E-state index contributed by atoms with van der Waals surface area (Å²) in [5.41, 5.74) is -0.440. The van der Waals surface area contributed by atoms with E-state index in [-0.39, 0.29) is 24.5 Å². The molecule has 1 rings (SSSR count). The first-order valence-corrected chi connectivity index (χ1v) is 5.78. The Morgan fingerprint density at radius 2 is 2.05 bits per heavy atom. The fourth-order valence-corrected chi connectivity index (χ4v) is 1.32. The van der Waals surface area contributed by atoms with Crippen molar-refractivity contribution in [1.82, 2.24) is 5.32 Å². The molecule has 0 bridgehead atoms. The molecule has 0 saturated carbocycles. The molecule has 19 heavy (non-hydrogen) atoms. The van der Waals surface area contributed by atoms with Crippen molar-refractivity contribution in [2.75, 3.05) is 13.2 Å². The minimum absolute atomic E-state index is 0.0385. The van der Waals surface area contributed by atoms with E-state index in [0.717, 1.165) is 0 Å². The minimum Gasteiger partial charge on any atom is -0.434 e. The normalized spacial score (nSPS) is 11.5. The van der Waals surface area contributed by atoms with Crippen LogP contribution in [0.15, 0.2) is 24.3 Å². The number of halogens is 2. The predicted octanol–water partition coefficient (Wildman–Crippen LogP) is 2.04. The summed E-state index contributed by atoms with van der Waals surface area (Å²) in [4.78, 5) is 11.9. The lowest BCUT2D eigenvalue weighted by atomic mass is 9.95. The van der Waals surface area contributed by atoms with Crippen molar-refractivity contribution in [2.45, 2.75) is 20.5 Å². The molecule has 0 saturated heterocycles. The maximum atomic E-state index is 12.2. The maximum absolute atomic E-state index is 12.2. The Kier molecular flexibility index (Phi) is 5.23. The lowest BCUT2D eigenvalue weighted by Crippen LogP contribution is -2.36. The molecule has 0 aliphatic rings. The molecule has 0 aliphatic carbocycles. The molecule has 0 unspecified atom stereocenters. The number of benzene rings is 1. The van der Waals surface area contributed by atoms with Gasteiger partial charge < -0.3 is 15.2 Å². The van der Waals surface area contributed by atoms with Gasteiger partial charge in [-0.25, -0.2) is 0 Å².